The highest BCUT2D eigenvalue weighted by Gasteiger charge is 2.31. The number of carbonyl (C=O) groups is 1. The Kier molecular flexibility index (Phi) is 5.86. The zero-order valence-electron chi connectivity index (χ0n) is 14.3. The van der Waals surface area contributed by atoms with Crippen molar-refractivity contribution in [2.45, 2.75) is 6.18 Å². The molecule has 1 N–H and O–H groups in total. The number of halogens is 4. The molecule has 0 saturated carbocycles. The van der Waals surface area contributed by atoms with Gasteiger partial charge >= 0.3 is 6.18 Å². The lowest BCUT2D eigenvalue weighted by Crippen LogP contribution is -2.49. The number of anilines is 2. The van der Waals surface area contributed by atoms with Crippen molar-refractivity contribution >= 4 is 29.0 Å². The van der Waals surface area contributed by atoms with E-state index in [1.165, 1.54) is 6.07 Å². The molecule has 1 aromatic carbocycles. The van der Waals surface area contributed by atoms with Gasteiger partial charge in [-0.25, -0.2) is 4.98 Å². The lowest BCUT2D eigenvalue weighted by Gasteiger charge is -2.35. The molecule has 0 spiro atoms. The van der Waals surface area contributed by atoms with E-state index in [0.717, 1.165) is 12.3 Å². The van der Waals surface area contributed by atoms with E-state index in [1.807, 2.05) is 9.80 Å². The van der Waals surface area contributed by atoms with E-state index in [1.54, 1.807) is 24.3 Å². The van der Waals surface area contributed by atoms with Crippen LogP contribution in [0.2, 0.25) is 5.02 Å². The standard InChI is InChI=1S/C18H18ClF3N4O/c19-14-3-1-2-4-15(14)24-17(27)12-25-7-9-26(10-8-25)16-6-5-13(11-23-16)18(20,21)22/h1-6,11H,7-10,12H2,(H,24,27). The van der Waals surface area contributed by atoms with Gasteiger partial charge in [0.1, 0.15) is 5.82 Å². The largest absolute Gasteiger partial charge is 0.417 e. The average molecular weight is 399 g/mol. The number of alkyl halides is 3. The third-order valence-corrected chi connectivity index (χ3v) is 4.62. The van der Waals surface area contributed by atoms with E-state index in [9.17, 15) is 18.0 Å². The second-order valence-corrected chi connectivity index (χ2v) is 6.60. The number of nitrogens with zero attached hydrogens (tertiary/aromatic N) is 3. The summed E-state index contributed by atoms with van der Waals surface area (Å²) >= 11 is 6.02. The summed E-state index contributed by atoms with van der Waals surface area (Å²) in [5.41, 5.74) is -0.196. The van der Waals surface area contributed by atoms with Crippen LogP contribution in [0.25, 0.3) is 0 Å². The minimum absolute atomic E-state index is 0.163. The second kappa shape index (κ2) is 8.14. The van der Waals surface area contributed by atoms with Crippen molar-refractivity contribution in [3.63, 3.8) is 0 Å². The third kappa shape index (κ3) is 5.11. The number of piperazine rings is 1. The molecule has 2 aromatic rings. The van der Waals surface area contributed by atoms with Crippen molar-refractivity contribution in [3.05, 3.63) is 53.2 Å². The van der Waals surface area contributed by atoms with E-state index >= 15 is 0 Å². The summed E-state index contributed by atoms with van der Waals surface area (Å²) in [5.74, 6) is 0.340. The van der Waals surface area contributed by atoms with Gasteiger partial charge in [-0.15, -0.1) is 0 Å². The molecule has 1 amide bonds. The molecular formula is C18H18ClF3N4O. The fourth-order valence-corrected chi connectivity index (χ4v) is 3.01. The van der Waals surface area contributed by atoms with Crippen LogP contribution >= 0.6 is 11.6 Å². The molecule has 0 aliphatic carbocycles. The predicted octanol–water partition coefficient (Wildman–Crippen LogP) is 3.51. The van der Waals surface area contributed by atoms with Gasteiger partial charge in [0.25, 0.3) is 0 Å². The summed E-state index contributed by atoms with van der Waals surface area (Å²) in [6.07, 6.45) is -3.54. The van der Waals surface area contributed by atoms with Crippen LogP contribution in [0, 0.1) is 0 Å². The predicted molar refractivity (Wildman–Crippen MR) is 98.0 cm³/mol. The van der Waals surface area contributed by atoms with Crippen LogP contribution in [-0.4, -0.2) is 48.5 Å². The first-order chi connectivity index (χ1) is 12.8. The molecule has 1 aromatic heterocycles. The quantitative estimate of drug-likeness (QED) is 0.856. The van der Waals surface area contributed by atoms with E-state index in [-0.39, 0.29) is 12.5 Å². The summed E-state index contributed by atoms with van der Waals surface area (Å²) in [7, 11) is 0. The smallest absolute Gasteiger partial charge is 0.354 e. The lowest BCUT2D eigenvalue weighted by molar-refractivity contribution is -0.137. The summed E-state index contributed by atoms with van der Waals surface area (Å²) in [4.78, 5) is 20.0. The molecule has 3 rings (SSSR count). The number of hydrogen-bond donors (Lipinski definition) is 1. The second-order valence-electron chi connectivity index (χ2n) is 6.19. The number of aromatic nitrogens is 1. The van der Waals surface area contributed by atoms with Crippen molar-refractivity contribution in [1.29, 1.82) is 0 Å². The molecule has 1 saturated heterocycles. The first kappa shape index (κ1) is 19.4. The average Bonchev–Trinajstić information content (AvgIpc) is 2.64. The van der Waals surface area contributed by atoms with Gasteiger partial charge in [-0.1, -0.05) is 23.7 Å². The number of para-hydroxylation sites is 1. The Bertz CT molecular complexity index is 790. The van der Waals surface area contributed by atoms with E-state index in [0.29, 0.717) is 42.7 Å². The zero-order valence-corrected chi connectivity index (χ0v) is 15.1. The Balaban J connectivity index is 1.50. The maximum Gasteiger partial charge on any atom is 0.417 e. The fourth-order valence-electron chi connectivity index (χ4n) is 2.83. The minimum atomic E-state index is -4.39. The molecule has 9 heteroatoms. The molecule has 0 radical (unpaired) electrons. The van der Waals surface area contributed by atoms with Gasteiger partial charge in [0.05, 0.1) is 22.8 Å². The number of pyridine rings is 1. The van der Waals surface area contributed by atoms with Crippen molar-refractivity contribution in [3.8, 4) is 0 Å². The van der Waals surface area contributed by atoms with Crippen LogP contribution in [0.5, 0.6) is 0 Å². The van der Waals surface area contributed by atoms with Gasteiger partial charge in [0, 0.05) is 32.4 Å². The van der Waals surface area contributed by atoms with Crippen molar-refractivity contribution in [1.82, 2.24) is 9.88 Å². The van der Waals surface area contributed by atoms with Crippen LogP contribution in [0.4, 0.5) is 24.7 Å². The summed E-state index contributed by atoms with van der Waals surface area (Å²) in [5, 5.41) is 3.25. The molecule has 1 aliphatic heterocycles. The first-order valence-electron chi connectivity index (χ1n) is 8.38. The molecule has 1 aliphatic rings. The normalized spacial score (nSPS) is 15.6. The van der Waals surface area contributed by atoms with Crippen LogP contribution in [0.15, 0.2) is 42.6 Å². The fraction of sp³-hybridized carbons (Fsp3) is 0.333. The van der Waals surface area contributed by atoms with Gasteiger partial charge in [0.15, 0.2) is 0 Å². The van der Waals surface area contributed by atoms with Crippen molar-refractivity contribution in [2.75, 3.05) is 42.9 Å². The number of rotatable bonds is 4. The monoisotopic (exact) mass is 398 g/mol. The maximum atomic E-state index is 12.6. The lowest BCUT2D eigenvalue weighted by atomic mass is 10.2. The number of amides is 1. The van der Waals surface area contributed by atoms with Gasteiger partial charge in [-0.3, -0.25) is 9.69 Å². The molecular weight excluding hydrogens is 381 g/mol. The molecule has 0 bridgehead atoms. The highest BCUT2D eigenvalue weighted by atomic mass is 35.5. The van der Waals surface area contributed by atoms with Gasteiger partial charge in [0.2, 0.25) is 5.91 Å². The Hall–Kier alpha value is -2.32. The van der Waals surface area contributed by atoms with E-state index in [2.05, 4.69) is 10.3 Å². The summed E-state index contributed by atoms with van der Waals surface area (Å²) < 4.78 is 37.8. The van der Waals surface area contributed by atoms with Crippen molar-refractivity contribution < 1.29 is 18.0 Å². The molecule has 2 heterocycles. The van der Waals surface area contributed by atoms with Crippen LogP contribution in [0.3, 0.4) is 0 Å². The number of benzene rings is 1. The molecule has 5 nitrogen and oxygen atoms in total. The minimum Gasteiger partial charge on any atom is -0.354 e. The highest BCUT2D eigenvalue weighted by molar-refractivity contribution is 6.33. The SMILES string of the molecule is O=C(CN1CCN(c2ccc(C(F)(F)F)cn2)CC1)Nc1ccccc1Cl. The zero-order chi connectivity index (χ0) is 19.4. The third-order valence-electron chi connectivity index (χ3n) is 4.29. The summed E-state index contributed by atoms with van der Waals surface area (Å²) in [6.45, 7) is 2.60. The molecule has 1 fully saturated rings. The van der Waals surface area contributed by atoms with Crippen LogP contribution < -0.4 is 10.2 Å². The van der Waals surface area contributed by atoms with Gasteiger partial charge in [-0.05, 0) is 24.3 Å². The van der Waals surface area contributed by atoms with Gasteiger partial charge in [-0.2, -0.15) is 13.2 Å². The maximum absolute atomic E-state index is 12.6. The highest BCUT2D eigenvalue weighted by Crippen LogP contribution is 2.29. The van der Waals surface area contributed by atoms with Crippen LogP contribution in [0.1, 0.15) is 5.56 Å². The topological polar surface area (TPSA) is 48.5 Å². The van der Waals surface area contributed by atoms with Gasteiger partial charge < -0.3 is 10.2 Å². The summed E-state index contributed by atoms with van der Waals surface area (Å²) in [6, 6.07) is 9.42. The van der Waals surface area contributed by atoms with Crippen molar-refractivity contribution in [2.24, 2.45) is 0 Å². The Morgan fingerprint density at radius 1 is 1.11 bits per heavy atom. The number of hydrogen-bond acceptors (Lipinski definition) is 4. The van der Waals surface area contributed by atoms with Crippen LogP contribution in [-0.2, 0) is 11.0 Å². The number of nitrogens with one attached hydrogen (secondary N) is 1. The first-order valence-corrected chi connectivity index (χ1v) is 8.75. The Morgan fingerprint density at radius 2 is 1.81 bits per heavy atom. The Labute approximate surface area is 159 Å². The number of carbonyl (C=O) groups excluding carboxylic acids is 1. The van der Waals surface area contributed by atoms with E-state index in [4.69, 9.17) is 11.6 Å². The molecule has 27 heavy (non-hydrogen) atoms. The van der Waals surface area contributed by atoms with E-state index < -0.39 is 11.7 Å². The molecule has 0 unspecified atom stereocenters. The molecule has 144 valence electrons. The Morgan fingerprint density at radius 3 is 2.41 bits per heavy atom. The molecule has 0 atom stereocenters.